The largest absolute Gasteiger partial charge is 0.490 e. The Labute approximate surface area is 237 Å². The summed E-state index contributed by atoms with van der Waals surface area (Å²) < 4.78 is 12.2. The van der Waals surface area contributed by atoms with Gasteiger partial charge in [0, 0.05) is 11.1 Å². The molecule has 0 aromatic heterocycles. The fraction of sp³-hybridized carbons (Fsp3) is 0.588. The molecule has 216 valence electrons. The lowest BCUT2D eigenvalue weighted by Crippen LogP contribution is -2.15. The molecule has 39 heavy (non-hydrogen) atoms. The van der Waals surface area contributed by atoms with Gasteiger partial charge in [0.1, 0.15) is 5.84 Å². The van der Waals surface area contributed by atoms with Crippen molar-refractivity contribution in [3.8, 4) is 11.5 Å². The molecule has 0 bridgehead atoms. The maximum absolute atomic E-state index is 12.9. The molecule has 0 radical (unpaired) electrons. The van der Waals surface area contributed by atoms with Crippen LogP contribution in [0.4, 0.5) is 0 Å². The van der Waals surface area contributed by atoms with Crippen LogP contribution in [0, 0.1) is 0 Å². The summed E-state index contributed by atoms with van der Waals surface area (Å²) in [4.78, 5) is 17.0. The average molecular weight is 537 g/mol. The van der Waals surface area contributed by atoms with Gasteiger partial charge in [-0.25, -0.2) is 0 Å². The topological polar surface area (TPSA) is 73.9 Å². The minimum atomic E-state index is -0.386. The van der Waals surface area contributed by atoms with E-state index >= 15 is 0 Å². The molecule has 2 aromatic carbocycles. The molecule has 1 amide bonds. The molecule has 2 aromatic rings. The van der Waals surface area contributed by atoms with Crippen LogP contribution in [0.2, 0.25) is 0 Å². The summed E-state index contributed by atoms with van der Waals surface area (Å²) in [5.74, 6) is 1.12. The Morgan fingerprint density at radius 1 is 0.615 bits per heavy atom. The molecule has 2 N–H and O–H groups in total. The number of carbonyl (C=O) groups excluding carboxylic acids is 1. The van der Waals surface area contributed by atoms with Crippen molar-refractivity contribution in [2.24, 2.45) is 10.7 Å². The molecule has 5 heteroatoms. The number of benzene rings is 2. The fourth-order valence-electron chi connectivity index (χ4n) is 4.56. The van der Waals surface area contributed by atoms with Gasteiger partial charge < -0.3 is 15.2 Å². The van der Waals surface area contributed by atoms with Crippen molar-refractivity contribution in [2.75, 3.05) is 13.2 Å². The van der Waals surface area contributed by atoms with Gasteiger partial charge in [0.05, 0.1) is 13.2 Å². The zero-order valence-corrected chi connectivity index (χ0v) is 24.6. The second-order valence-electron chi connectivity index (χ2n) is 10.5. The minimum absolute atomic E-state index is 0.206. The fourth-order valence-corrected chi connectivity index (χ4v) is 4.56. The molecule has 0 fully saturated rings. The molecule has 0 spiro atoms. The summed E-state index contributed by atoms with van der Waals surface area (Å²) in [5, 5.41) is 0. The molecule has 0 aliphatic heterocycles. The van der Waals surface area contributed by atoms with Crippen molar-refractivity contribution < 1.29 is 14.3 Å². The highest BCUT2D eigenvalue weighted by Crippen LogP contribution is 2.29. The highest BCUT2D eigenvalue weighted by Gasteiger charge is 2.13. The number of hydrogen-bond acceptors (Lipinski definition) is 3. The Balaban J connectivity index is 1.91. The molecule has 0 heterocycles. The maximum Gasteiger partial charge on any atom is 0.279 e. The van der Waals surface area contributed by atoms with Gasteiger partial charge >= 0.3 is 0 Å². The molecule has 0 saturated heterocycles. The third-order valence-corrected chi connectivity index (χ3v) is 6.99. The summed E-state index contributed by atoms with van der Waals surface area (Å²) in [7, 11) is 0. The van der Waals surface area contributed by atoms with Gasteiger partial charge in [0.25, 0.3) is 5.91 Å². The van der Waals surface area contributed by atoms with E-state index < -0.39 is 0 Å². The van der Waals surface area contributed by atoms with E-state index in [2.05, 4.69) is 18.8 Å². The molecule has 0 aliphatic rings. The summed E-state index contributed by atoms with van der Waals surface area (Å²) in [6.07, 6.45) is 20.0. The standard InChI is InChI=1S/C34H52N2O3/c1-3-5-7-9-11-13-15-20-26-38-31-25-24-30(34(37)36-33(35)29-22-18-17-19-23-29)28-32(31)39-27-21-16-14-12-10-8-6-4-2/h17-19,22-25,28H,3-16,20-21,26-27H2,1-2H3,(H2,35,36,37). The van der Waals surface area contributed by atoms with Crippen molar-refractivity contribution in [1.82, 2.24) is 0 Å². The lowest BCUT2D eigenvalue weighted by Gasteiger charge is -2.14. The van der Waals surface area contributed by atoms with Crippen LogP contribution in [0.5, 0.6) is 11.5 Å². The number of unbranched alkanes of at least 4 members (excludes halogenated alkanes) is 14. The zero-order chi connectivity index (χ0) is 28.0. The van der Waals surface area contributed by atoms with Crippen LogP contribution >= 0.6 is 0 Å². The van der Waals surface area contributed by atoms with Crippen LogP contribution in [-0.4, -0.2) is 25.0 Å². The summed E-state index contributed by atoms with van der Waals surface area (Å²) >= 11 is 0. The molecule has 5 nitrogen and oxygen atoms in total. The SMILES string of the molecule is CCCCCCCCCCOc1ccc(C(=O)N=C(N)c2ccccc2)cc1OCCCCCCCCCC. The molecular formula is C34H52N2O3. The number of rotatable bonds is 22. The molecule has 2 rings (SSSR count). The smallest absolute Gasteiger partial charge is 0.279 e. The van der Waals surface area contributed by atoms with E-state index in [1.165, 1.54) is 83.5 Å². The van der Waals surface area contributed by atoms with E-state index in [4.69, 9.17) is 15.2 Å². The van der Waals surface area contributed by atoms with Crippen molar-refractivity contribution in [2.45, 2.75) is 117 Å². The third-order valence-electron chi connectivity index (χ3n) is 6.99. The highest BCUT2D eigenvalue weighted by atomic mass is 16.5. The monoisotopic (exact) mass is 536 g/mol. The van der Waals surface area contributed by atoms with E-state index in [0.29, 0.717) is 30.3 Å². The Hall–Kier alpha value is -2.82. The van der Waals surface area contributed by atoms with Gasteiger partial charge in [-0.3, -0.25) is 4.79 Å². The average Bonchev–Trinajstić information content (AvgIpc) is 2.96. The van der Waals surface area contributed by atoms with Crippen molar-refractivity contribution in [3.63, 3.8) is 0 Å². The Kier molecular flexibility index (Phi) is 17.5. The Morgan fingerprint density at radius 3 is 1.64 bits per heavy atom. The number of nitrogens with two attached hydrogens (primary N) is 1. The second kappa shape index (κ2) is 21.1. The molecule has 0 atom stereocenters. The number of ether oxygens (including phenoxy) is 2. The van der Waals surface area contributed by atoms with E-state index in [-0.39, 0.29) is 11.7 Å². The van der Waals surface area contributed by atoms with E-state index in [1.807, 2.05) is 36.4 Å². The van der Waals surface area contributed by atoms with E-state index in [1.54, 1.807) is 12.1 Å². The van der Waals surface area contributed by atoms with Gasteiger partial charge in [-0.15, -0.1) is 0 Å². The molecule has 0 unspecified atom stereocenters. The third kappa shape index (κ3) is 14.2. The Morgan fingerprint density at radius 2 is 1.10 bits per heavy atom. The highest BCUT2D eigenvalue weighted by molar-refractivity contribution is 6.08. The predicted molar refractivity (Wildman–Crippen MR) is 164 cm³/mol. The molecule has 0 saturated carbocycles. The van der Waals surface area contributed by atoms with Crippen LogP contribution in [0.15, 0.2) is 53.5 Å². The van der Waals surface area contributed by atoms with Crippen LogP contribution in [0.1, 0.15) is 133 Å². The summed E-state index contributed by atoms with van der Waals surface area (Å²) in [5.41, 5.74) is 7.25. The van der Waals surface area contributed by atoms with Crippen LogP contribution in [0.3, 0.4) is 0 Å². The zero-order valence-electron chi connectivity index (χ0n) is 24.6. The maximum atomic E-state index is 12.9. The van der Waals surface area contributed by atoms with Gasteiger partial charge in [-0.1, -0.05) is 134 Å². The minimum Gasteiger partial charge on any atom is -0.490 e. The predicted octanol–water partition coefficient (Wildman–Crippen LogP) is 9.27. The van der Waals surface area contributed by atoms with Crippen LogP contribution < -0.4 is 15.2 Å². The van der Waals surface area contributed by atoms with Crippen molar-refractivity contribution >= 4 is 11.7 Å². The van der Waals surface area contributed by atoms with Gasteiger partial charge in [0.2, 0.25) is 0 Å². The summed E-state index contributed by atoms with van der Waals surface area (Å²) in [6.45, 7) is 5.75. The molecule has 0 aliphatic carbocycles. The van der Waals surface area contributed by atoms with Crippen molar-refractivity contribution in [3.05, 3.63) is 59.7 Å². The first-order valence-electron chi connectivity index (χ1n) is 15.5. The first-order chi connectivity index (χ1) is 19.2. The first-order valence-corrected chi connectivity index (χ1v) is 15.5. The number of carbonyl (C=O) groups is 1. The van der Waals surface area contributed by atoms with Gasteiger partial charge in [0.15, 0.2) is 11.5 Å². The quantitative estimate of drug-likeness (QED) is 0.0924. The van der Waals surface area contributed by atoms with Crippen LogP contribution in [-0.2, 0) is 0 Å². The van der Waals surface area contributed by atoms with Crippen molar-refractivity contribution in [1.29, 1.82) is 0 Å². The van der Waals surface area contributed by atoms with Crippen LogP contribution in [0.25, 0.3) is 0 Å². The van der Waals surface area contributed by atoms with E-state index in [0.717, 1.165) is 24.8 Å². The second-order valence-corrected chi connectivity index (χ2v) is 10.5. The Bertz CT molecular complexity index is 943. The first kappa shape index (κ1) is 32.4. The summed E-state index contributed by atoms with van der Waals surface area (Å²) in [6, 6.07) is 14.7. The lowest BCUT2D eigenvalue weighted by atomic mass is 10.1. The normalized spacial score (nSPS) is 11.5. The number of amides is 1. The molecular weight excluding hydrogens is 484 g/mol. The van der Waals surface area contributed by atoms with Gasteiger partial charge in [-0.2, -0.15) is 4.99 Å². The number of nitrogens with zero attached hydrogens (tertiary/aromatic N) is 1. The van der Waals surface area contributed by atoms with Gasteiger partial charge in [-0.05, 0) is 31.0 Å². The van der Waals surface area contributed by atoms with E-state index in [9.17, 15) is 4.79 Å². The lowest BCUT2D eigenvalue weighted by molar-refractivity contribution is 0.100. The number of amidine groups is 1. The number of hydrogen-bond donors (Lipinski definition) is 1. The number of aliphatic imine (C=N–C) groups is 1.